The summed E-state index contributed by atoms with van der Waals surface area (Å²) in [6.45, 7) is 6.93. The third-order valence-corrected chi connectivity index (χ3v) is 5.71. The van der Waals surface area contributed by atoms with Gasteiger partial charge in [-0.25, -0.2) is 8.78 Å². The van der Waals surface area contributed by atoms with Crippen LogP contribution in [0.1, 0.15) is 39.2 Å². The van der Waals surface area contributed by atoms with E-state index < -0.39 is 11.6 Å². The maximum atomic E-state index is 14.4. The van der Waals surface area contributed by atoms with E-state index in [4.69, 9.17) is 11.6 Å². The Labute approximate surface area is 181 Å². The molecule has 1 aromatic carbocycles. The molecule has 0 aliphatic carbocycles. The van der Waals surface area contributed by atoms with E-state index in [-0.39, 0.29) is 16.4 Å². The zero-order valence-electron chi connectivity index (χ0n) is 16.6. The number of benzene rings is 1. The topological polar surface area (TPSA) is 35.6 Å². The number of allylic oxidation sites excluding steroid dienone is 1. The molecule has 1 heterocycles. The summed E-state index contributed by atoms with van der Waals surface area (Å²) in [5.74, 6) is -0.102. The maximum absolute atomic E-state index is 14.4. The molecule has 4 nitrogen and oxygen atoms in total. The van der Waals surface area contributed by atoms with Gasteiger partial charge in [0.25, 0.3) is 0 Å². The number of anilines is 1. The second kappa shape index (κ2) is 12.4. The molecule has 1 saturated heterocycles. The molecule has 2 rings (SSSR count). The summed E-state index contributed by atoms with van der Waals surface area (Å²) < 4.78 is 31.4. The quantitative estimate of drug-likeness (QED) is 0.244. The summed E-state index contributed by atoms with van der Waals surface area (Å²) in [5, 5.41) is 3.38. The fourth-order valence-corrected chi connectivity index (χ4v) is 3.62. The average molecular weight is 452 g/mol. The number of hydrogen-bond acceptors (Lipinski definition) is 5. The van der Waals surface area contributed by atoms with Crippen molar-refractivity contribution in [3.8, 4) is 0 Å². The predicted molar refractivity (Wildman–Crippen MR) is 119 cm³/mol. The summed E-state index contributed by atoms with van der Waals surface area (Å²) in [7, 11) is 0. The maximum Gasteiger partial charge on any atom is 0.228 e. The first kappa shape index (κ1) is 24.9. The van der Waals surface area contributed by atoms with E-state index in [9.17, 15) is 13.6 Å². The lowest BCUT2D eigenvalue weighted by molar-refractivity contribution is -0.133. The van der Waals surface area contributed by atoms with Crippen LogP contribution < -0.4 is 4.72 Å². The molecule has 28 heavy (non-hydrogen) atoms. The first-order chi connectivity index (χ1) is 13.3. The van der Waals surface area contributed by atoms with Crippen LogP contribution in [-0.4, -0.2) is 41.5 Å². The van der Waals surface area contributed by atoms with Crippen molar-refractivity contribution < 1.29 is 13.6 Å². The number of rotatable bonds is 7. The zero-order valence-corrected chi connectivity index (χ0v) is 19.1. The van der Waals surface area contributed by atoms with Crippen LogP contribution in [0.5, 0.6) is 0 Å². The number of hydrogen-bond donors (Lipinski definition) is 2. The highest BCUT2D eigenvalue weighted by Gasteiger charge is 2.23. The number of thiol groups is 1. The van der Waals surface area contributed by atoms with E-state index >= 15 is 0 Å². The van der Waals surface area contributed by atoms with Crippen molar-refractivity contribution in [1.29, 1.82) is 0 Å². The van der Waals surface area contributed by atoms with Crippen molar-refractivity contribution in [1.82, 2.24) is 10.0 Å². The van der Waals surface area contributed by atoms with Crippen LogP contribution >= 0.6 is 36.2 Å². The molecule has 1 aromatic rings. The lowest BCUT2D eigenvalue weighted by atomic mass is 10.1. The van der Waals surface area contributed by atoms with Gasteiger partial charge in [0.2, 0.25) is 6.41 Å². The molecule has 1 amide bonds. The van der Waals surface area contributed by atoms with Crippen molar-refractivity contribution in [2.75, 3.05) is 29.8 Å². The van der Waals surface area contributed by atoms with Gasteiger partial charge in [0.15, 0.2) is 0 Å². The van der Waals surface area contributed by atoms with Gasteiger partial charge in [-0.2, -0.15) is 12.6 Å². The van der Waals surface area contributed by atoms with Crippen molar-refractivity contribution in [2.24, 2.45) is 5.92 Å². The highest BCUT2D eigenvalue weighted by molar-refractivity contribution is 8.00. The lowest BCUT2D eigenvalue weighted by Crippen LogP contribution is -2.44. The van der Waals surface area contributed by atoms with Gasteiger partial charge >= 0.3 is 0 Å². The van der Waals surface area contributed by atoms with E-state index in [0.29, 0.717) is 31.0 Å². The number of carbonyl (C=O) groups excluding carboxylic acids is 1. The van der Waals surface area contributed by atoms with Gasteiger partial charge in [0.1, 0.15) is 16.8 Å². The monoisotopic (exact) mass is 451 g/mol. The van der Waals surface area contributed by atoms with Crippen LogP contribution in [0.3, 0.4) is 0 Å². The smallest absolute Gasteiger partial charge is 0.228 e. The molecule has 0 unspecified atom stereocenters. The Bertz CT molecular complexity index is 689. The summed E-state index contributed by atoms with van der Waals surface area (Å²) in [5.41, 5.74) is 0.872. The standard InChI is InChI=1S/C18H24ClF2N3OS.CH4S/c1-12(2)10-26-22-17-8-14(15(20)9-16(17)21)13(3)18(19)24-7-5-4-6-23(24)11-25;1-2/h8-9,11-12,22H,4-7,10H2,1-3H3;2H,1H3/b18-13+;. The molecular formula is C19H28ClF2N3OS2. The Hall–Kier alpha value is -1.12. The van der Waals surface area contributed by atoms with E-state index in [1.54, 1.807) is 18.2 Å². The summed E-state index contributed by atoms with van der Waals surface area (Å²) in [6.07, 6.45) is 4.19. The predicted octanol–water partition coefficient (Wildman–Crippen LogP) is 5.62. The molecule has 1 fully saturated rings. The molecule has 0 bridgehead atoms. The van der Waals surface area contributed by atoms with E-state index in [0.717, 1.165) is 24.7 Å². The normalized spacial score (nSPS) is 15.0. The van der Waals surface area contributed by atoms with Gasteiger partial charge in [-0.05, 0) is 43.6 Å². The Kier molecular flexibility index (Phi) is 11.1. The van der Waals surface area contributed by atoms with Gasteiger partial charge in [0, 0.05) is 30.5 Å². The first-order valence-electron chi connectivity index (χ1n) is 9.02. The Morgan fingerprint density at radius 2 is 1.93 bits per heavy atom. The third kappa shape index (κ3) is 6.74. The molecule has 0 atom stereocenters. The van der Waals surface area contributed by atoms with Crippen LogP contribution in [-0.2, 0) is 4.79 Å². The first-order valence-corrected chi connectivity index (χ1v) is 11.3. The molecule has 0 saturated carbocycles. The largest absolute Gasteiger partial charge is 0.327 e. The molecule has 0 radical (unpaired) electrons. The van der Waals surface area contributed by atoms with E-state index in [2.05, 4.69) is 31.2 Å². The molecule has 9 heteroatoms. The van der Waals surface area contributed by atoms with Gasteiger partial charge in [0.05, 0.1) is 5.69 Å². The molecule has 0 spiro atoms. The second-order valence-electron chi connectivity index (χ2n) is 6.63. The van der Waals surface area contributed by atoms with Crippen LogP contribution in [0.15, 0.2) is 17.3 Å². The number of amides is 1. The van der Waals surface area contributed by atoms with Gasteiger partial charge in [-0.3, -0.25) is 14.8 Å². The molecule has 158 valence electrons. The molecule has 1 N–H and O–H groups in total. The molecule has 1 aliphatic rings. The number of carbonyl (C=O) groups is 1. The van der Waals surface area contributed by atoms with Gasteiger partial charge in [-0.15, -0.1) is 0 Å². The highest BCUT2D eigenvalue weighted by atomic mass is 35.5. The minimum absolute atomic E-state index is 0.209. The van der Waals surface area contributed by atoms with Crippen LogP contribution in [0.4, 0.5) is 14.5 Å². The van der Waals surface area contributed by atoms with Crippen molar-refractivity contribution >= 4 is 53.8 Å². The van der Waals surface area contributed by atoms with Gasteiger partial charge in [-0.1, -0.05) is 37.4 Å². The minimum Gasteiger partial charge on any atom is -0.327 e. The second-order valence-corrected chi connectivity index (χ2v) is 7.82. The number of hydrazine groups is 1. The Balaban J connectivity index is 0.00000190. The van der Waals surface area contributed by atoms with Crippen LogP contribution in [0.25, 0.3) is 5.57 Å². The molecule has 1 aliphatic heterocycles. The Morgan fingerprint density at radius 3 is 2.54 bits per heavy atom. The van der Waals surface area contributed by atoms with Crippen molar-refractivity contribution in [2.45, 2.75) is 33.6 Å². The van der Waals surface area contributed by atoms with Crippen molar-refractivity contribution in [3.63, 3.8) is 0 Å². The van der Waals surface area contributed by atoms with Crippen LogP contribution in [0.2, 0.25) is 0 Å². The summed E-state index contributed by atoms with van der Waals surface area (Å²) in [6, 6.07) is 2.28. The van der Waals surface area contributed by atoms with E-state index in [1.807, 2.05) is 0 Å². The average Bonchev–Trinajstić information content (AvgIpc) is 2.69. The number of halogens is 3. The highest BCUT2D eigenvalue weighted by Crippen LogP contribution is 2.32. The fraction of sp³-hybridized carbons (Fsp3) is 0.526. The number of nitrogens with one attached hydrogen (secondary N) is 1. The molecule has 0 aromatic heterocycles. The van der Waals surface area contributed by atoms with Gasteiger partial charge < -0.3 is 4.72 Å². The summed E-state index contributed by atoms with van der Waals surface area (Å²) >= 11 is 11.3. The number of nitrogens with zero attached hydrogens (tertiary/aromatic N) is 2. The summed E-state index contributed by atoms with van der Waals surface area (Å²) in [4.78, 5) is 11.2. The van der Waals surface area contributed by atoms with Crippen LogP contribution in [0, 0.1) is 17.6 Å². The zero-order chi connectivity index (χ0) is 21.3. The Morgan fingerprint density at radius 1 is 1.29 bits per heavy atom. The fourth-order valence-electron chi connectivity index (χ4n) is 2.61. The minimum atomic E-state index is -0.688. The van der Waals surface area contributed by atoms with E-state index in [1.165, 1.54) is 23.0 Å². The molecular weight excluding hydrogens is 424 g/mol. The lowest BCUT2D eigenvalue weighted by Gasteiger charge is -2.37. The SMILES string of the molecule is C/C(=C(/Cl)N1CCCCN1C=O)c1cc(NSCC(C)C)c(F)cc1F.CS. The van der Waals surface area contributed by atoms with Crippen molar-refractivity contribution in [3.05, 3.63) is 34.5 Å². The third-order valence-electron chi connectivity index (χ3n) is 4.03.